The van der Waals surface area contributed by atoms with Crippen LogP contribution in [0.2, 0.25) is 0 Å². The van der Waals surface area contributed by atoms with E-state index in [9.17, 15) is 14.4 Å². The third-order valence-corrected chi connectivity index (χ3v) is 11.7. The summed E-state index contributed by atoms with van der Waals surface area (Å²) in [7, 11) is 2.05. The average molecular weight is 599 g/mol. The number of carbonyl (C=O) groups is 3. The van der Waals surface area contributed by atoms with Crippen LogP contribution in [0.5, 0.6) is 0 Å². The van der Waals surface area contributed by atoms with Crippen LogP contribution in [-0.2, 0) is 14.4 Å². The Hall–Kier alpha value is -1.18. The number of hydrogen-bond donors (Lipinski definition) is 2. The maximum atomic E-state index is 12.2. The summed E-state index contributed by atoms with van der Waals surface area (Å²) in [4.78, 5) is 35.9. The summed E-state index contributed by atoms with van der Waals surface area (Å²) < 4.78 is 0. The summed E-state index contributed by atoms with van der Waals surface area (Å²) >= 11 is 4.74. The van der Waals surface area contributed by atoms with Crippen molar-refractivity contribution in [1.29, 1.82) is 0 Å². The van der Waals surface area contributed by atoms with E-state index in [1.54, 1.807) is 0 Å². The van der Waals surface area contributed by atoms with E-state index in [0.29, 0.717) is 22.5 Å². The largest absolute Gasteiger partial charge is 0.480 e. The number of hydrogen-bond acceptors (Lipinski definition) is 5. The van der Waals surface area contributed by atoms with Crippen molar-refractivity contribution in [3.63, 3.8) is 0 Å². The van der Waals surface area contributed by atoms with Crippen molar-refractivity contribution in [3.8, 4) is 0 Å². The topological polar surface area (TPSA) is 98.2 Å². The number of carboxylic acids is 2. The molecule has 238 valence electrons. The Balaban J connectivity index is 0.000000273. The van der Waals surface area contributed by atoms with Gasteiger partial charge in [0.1, 0.15) is 11.7 Å². The van der Waals surface area contributed by atoms with Crippen LogP contribution >= 0.6 is 11.6 Å². The van der Waals surface area contributed by atoms with Crippen molar-refractivity contribution >= 4 is 29.3 Å². The van der Waals surface area contributed by atoms with Crippen molar-refractivity contribution in [1.82, 2.24) is 9.80 Å². The van der Waals surface area contributed by atoms with Crippen molar-refractivity contribution in [2.24, 2.45) is 46.3 Å². The molecule has 7 nitrogen and oxygen atoms in total. The van der Waals surface area contributed by atoms with Crippen molar-refractivity contribution in [2.75, 3.05) is 45.7 Å². The molecule has 5 rings (SSSR count). The number of halogens is 1. The van der Waals surface area contributed by atoms with Crippen LogP contribution in [-0.4, -0.2) is 83.4 Å². The Labute approximate surface area is 254 Å². The van der Waals surface area contributed by atoms with E-state index in [1.165, 1.54) is 57.8 Å². The second-order valence-electron chi connectivity index (χ2n) is 13.8. The fourth-order valence-electron chi connectivity index (χ4n) is 9.34. The lowest BCUT2D eigenvalue weighted by atomic mass is 9.44. The molecule has 0 bridgehead atoms. The Morgan fingerprint density at radius 3 is 1.93 bits per heavy atom. The zero-order valence-electron chi connectivity index (χ0n) is 27.0. The van der Waals surface area contributed by atoms with E-state index < -0.39 is 11.9 Å². The van der Waals surface area contributed by atoms with Gasteiger partial charge < -0.3 is 15.1 Å². The van der Waals surface area contributed by atoms with E-state index >= 15 is 0 Å². The molecule has 0 aromatic heterocycles. The molecule has 2 N–H and O–H groups in total. The lowest BCUT2D eigenvalue weighted by Gasteiger charge is -2.61. The maximum Gasteiger partial charge on any atom is 0.318 e. The molecule has 4 saturated carbocycles. The minimum atomic E-state index is -0.980. The summed E-state index contributed by atoms with van der Waals surface area (Å²) in [5, 5.41) is 16.1. The number of piperazine rings is 1. The molecule has 0 aromatic carbocycles. The Kier molecular flexibility index (Phi) is 14.1. The highest BCUT2D eigenvalue weighted by molar-refractivity contribution is 6.26. The highest BCUT2D eigenvalue weighted by Gasteiger charge is 2.60. The van der Waals surface area contributed by atoms with Crippen molar-refractivity contribution in [2.45, 2.75) is 99.3 Å². The third-order valence-electron chi connectivity index (χ3n) is 11.5. The number of nitrogens with zero attached hydrogens (tertiary/aromatic N) is 2. The van der Waals surface area contributed by atoms with Gasteiger partial charge in [0, 0.05) is 32.1 Å². The zero-order chi connectivity index (χ0) is 31.0. The van der Waals surface area contributed by atoms with Crippen LogP contribution in [0.4, 0.5) is 0 Å². The Bertz CT molecular complexity index is 863. The van der Waals surface area contributed by atoms with Crippen LogP contribution in [0.15, 0.2) is 0 Å². The standard InChI is InChI=1S/C22H36O.C7H14N2O2.C2H3ClO2.C2H6/c1-14-9-11-21(3)16(13-14)5-6-17-19-8-7-18(15(2)23)22(19,4)12-10-20(17)21;1-8-2-4-9(5-3-8)6-7(10)11;3-1-2(4)5;1-2/h14,16-20H,5-13H2,1-4H3;2-6H2,1H3,(H,10,11);1H2,(H,4,5);1-2H3. The van der Waals surface area contributed by atoms with Gasteiger partial charge in [0.2, 0.25) is 0 Å². The van der Waals surface area contributed by atoms with Gasteiger partial charge in [-0.2, -0.15) is 0 Å². The van der Waals surface area contributed by atoms with E-state index in [-0.39, 0.29) is 12.4 Å². The molecule has 0 aromatic rings. The first-order valence-corrected chi connectivity index (χ1v) is 16.8. The number of carbonyl (C=O) groups excluding carboxylic acids is 1. The van der Waals surface area contributed by atoms with Gasteiger partial charge in [-0.1, -0.05) is 41.0 Å². The van der Waals surface area contributed by atoms with Gasteiger partial charge in [0.25, 0.3) is 0 Å². The van der Waals surface area contributed by atoms with Gasteiger partial charge >= 0.3 is 11.9 Å². The number of alkyl halides is 1. The van der Waals surface area contributed by atoms with Crippen molar-refractivity contribution in [3.05, 3.63) is 0 Å². The van der Waals surface area contributed by atoms with Crippen LogP contribution in [0.25, 0.3) is 0 Å². The molecule has 0 radical (unpaired) electrons. The minimum Gasteiger partial charge on any atom is -0.480 e. The molecule has 5 aliphatic rings. The molecule has 0 amide bonds. The van der Waals surface area contributed by atoms with Gasteiger partial charge in [-0.15, -0.1) is 11.6 Å². The lowest BCUT2D eigenvalue weighted by Crippen LogP contribution is -2.53. The average Bonchev–Trinajstić information content (AvgIpc) is 3.29. The predicted octanol–water partition coefficient (Wildman–Crippen LogP) is 6.52. The number of likely N-dealkylation sites (N-methyl/N-ethyl adjacent to an activating group) is 1. The quantitative estimate of drug-likeness (QED) is 0.355. The lowest BCUT2D eigenvalue weighted by molar-refractivity contribution is -0.139. The molecule has 41 heavy (non-hydrogen) atoms. The first kappa shape index (κ1) is 36.0. The first-order chi connectivity index (χ1) is 19.3. The fourth-order valence-corrected chi connectivity index (χ4v) is 9.34. The molecular weight excluding hydrogens is 540 g/mol. The number of Topliss-reactive ketones (excluding diaryl/α,β-unsaturated/α-hetero) is 1. The minimum absolute atomic E-state index is 0.188. The van der Waals surface area contributed by atoms with Crippen LogP contribution in [0, 0.1) is 46.3 Å². The van der Waals surface area contributed by atoms with Crippen molar-refractivity contribution < 1.29 is 24.6 Å². The number of ketones is 1. The SMILES string of the molecule is CC.CC(=O)C1CCC2C3CCC4CC(C)CCC4(C)C3CCC12C.CN1CCN(CC(=O)O)CC1.O=C(O)CCl. The summed E-state index contributed by atoms with van der Waals surface area (Å²) in [5.74, 6) is 3.48. The molecule has 8 atom stereocenters. The van der Waals surface area contributed by atoms with E-state index in [2.05, 4.69) is 32.7 Å². The smallest absolute Gasteiger partial charge is 0.318 e. The summed E-state index contributed by atoms with van der Waals surface area (Å²) in [6.07, 6.45) is 12.6. The van der Waals surface area contributed by atoms with Gasteiger partial charge in [-0.25, -0.2) is 0 Å². The van der Waals surface area contributed by atoms with Gasteiger partial charge in [0.15, 0.2) is 0 Å². The van der Waals surface area contributed by atoms with E-state index in [4.69, 9.17) is 21.8 Å². The first-order valence-electron chi connectivity index (χ1n) is 16.2. The molecule has 4 aliphatic carbocycles. The summed E-state index contributed by atoms with van der Waals surface area (Å²) in [6, 6.07) is 0. The molecule has 1 heterocycles. The van der Waals surface area contributed by atoms with Gasteiger partial charge in [-0.05, 0) is 106 Å². The van der Waals surface area contributed by atoms with Gasteiger partial charge in [0.05, 0.1) is 6.54 Å². The van der Waals surface area contributed by atoms with E-state index in [0.717, 1.165) is 55.8 Å². The molecule has 5 fully saturated rings. The molecule has 0 spiro atoms. The number of fused-ring (bicyclic) bond motifs is 5. The fraction of sp³-hybridized carbons (Fsp3) is 0.909. The Morgan fingerprint density at radius 1 is 0.829 bits per heavy atom. The number of carboxylic acid groups (broad SMARTS) is 2. The normalized spacial score (nSPS) is 38.1. The summed E-state index contributed by atoms with van der Waals surface area (Å²) in [5.41, 5.74) is 0.948. The molecule has 1 aliphatic heterocycles. The maximum absolute atomic E-state index is 12.2. The molecular formula is C33H59ClN2O5. The van der Waals surface area contributed by atoms with E-state index in [1.807, 2.05) is 25.7 Å². The van der Waals surface area contributed by atoms with Gasteiger partial charge in [-0.3, -0.25) is 19.3 Å². The second-order valence-corrected chi connectivity index (χ2v) is 14.1. The molecule has 8 heteroatoms. The molecule has 1 saturated heterocycles. The zero-order valence-corrected chi connectivity index (χ0v) is 27.7. The molecule has 8 unspecified atom stereocenters. The third kappa shape index (κ3) is 8.92. The summed E-state index contributed by atoms with van der Waals surface area (Å²) in [6.45, 7) is 17.4. The highest BCUT2D eigenvalue weighted by Crippen LogP contribution is 2.67. The second kappa shape index (κ2) is 16.0. The highest BCUT2D eigenvalue weighted by atomic mass is 35.5. The predicted molar refractivity (Wildman–Crippen MR) is 166 cm³/mol. The monoisotopic (exact) mass is 598 g/mol. The Morgan fingerprint density at radius 2 is 1.39 bits per heavy atom. The van der Waals surface area contributed by atoms with Crippen LogP contribution in [0.3, 0.4) is 0 Å². The van der Waals surface area contributed by atoms with Crippen LogP contribution in [0.1, 0.15) is 99.3 Å². The number of aliphatic carboxylic acids is 2. The van der Waals surface area contributed by atoms with Crippen LogP contribution < -0.4 is 0 Å². The number of rotatable bonds is 4.